The molecular weight excluding hydrogens is 532 g/mol. The van der Waals surface area contributed by atoms with Gasteiger partial charge >= 0.3 is 0 Å². The van der Waals surface area contributed by atoms with Gasteiger partial charge in [-0.2, -0.15) is 0 Å². The Morgan fingerprint density at radius 2 is 0.795 bits per heavy atom. The first kappa shape index (κ1) is 26.1. The summed E-state index contributed by atoms with van der Waals surface area (Å²) >= 11 is 0. The van der Waals surface area contributed by atoms with E-state index in [9.17, 15) is 0 Å². The Bertz CT molecular complexity index is 2180. The minimum atomic E-state index is 0.822. The summed E-state index contributed by atoms with van der Waals surface area (Å²) in [5, 5.41) is 5.14. The van der Waals surface area contributed by atoms with Crippen molar-refractivity contribution in [3.63, 3.8) is 0 Å². The standard InChI is InChI=1S/C42H32N2/c1-3-29-13-17-31(18-14-29)27-43-39-11-7-5-9-35(39)37-25-33(21-23-41(37)43)34-22-24-42-38(26-34)36-10-6-8-12-40(36)44(42)28-32-19-15-30(4-2)16-20-32/h3-26H,1-2,27-28H2. The fourth-order valence-corrected chi connectivity index (χ4v) is 6.69. The van der Waals surface area contributed by atoms with Crippen LogP contribution in [0.5, 0.6) is 0 Å². The predicted octanol–water partition coefficient (Wildman–Crippen LogP) is 11.0. The maximum atomic E-state index is 3.90. The van der Waals surface area contributed by atoms with E-state index in [4.69, 9.17) is 0 Å². The number of nitrogens with zero attached hydrogens (tertiary/aromatic N) is 2. The number of fused-ring (bicyclic) bond motifs is 6. The Balaban J connectivity index is 1.23. The van der Waals surface area contributed by atoms with Crippen LogP contribution in [0.4, 0.5) is 0 Å². The molecule has 2 nitrogen and oxygen atoms in total. The van der Waals surface area contributed by atoms with Crippen LogP contribution in [0.15, 0.2) is 147 Å². The molecule has 0 N–H and O–H groups in total. The lowest BCUT2D eigenvalue weighted by Crippen LogP contribution is -1.99. The normalized spacial score (nSPS) is 11.5. The first-order chi connectivity index (χ1) is 21.7. The predicted molar refractivity (Wildman–Crippen MR) is 189 cm³/mol. The van der Waals surface area contributed by atoms with Gasteiger partial charge in [0.1, 0.15) is 0 Å². The molecule has 0 saturated heterocycles. The highest BCUT2D eigenvalue weighted by atomic mass is 15.0. The molecule has 0 spiro atoms. The van der Waals surface area contributed by atoms with Crippen LogP contribution >= 0.6 is 0 Å². The summed E-state index contributed by atoms with van der Waals surface area (Å²) in [5.41, 5.74) is 12.3. The highest BCUT2D eigenvalue weighted by Gasteiger charge is 2.15. The van der Waals surface area contributed by atoms with Crippen molar-refractivity contribution in [2.24, 2.45) is 0 Å². The first-order valence-electron chi connectivity index (χ1n) is 15.2. The zero-order chi connectivity index (χ0) is 29.6. The van der Waals surface area contributed by atoms with Crippen LogP contribution in [0.3, 0.4) is 0 Å². The number of aromatic nitrogens is 2. The molecule has 0 aliphatic rings. The van der Waals surface area contributed by atoms with Gasteiger partial charge in [0.2, 0.25) is 0 Å². The van der Waals surface area contributed by atoms with Crippen molar-refractivity contribution in [2.75, 3.05) is 0 Å². The van der Waals surface area contributed by atoms with E-state index in [0.29, 0.717) is 0 Å². The molecule has 0 unspecified atom stereocenters. The maximum Gasteiger partial charge on any atom is 0.0494 e. The van der Waals surface area contributed by atoms with Gasteiger partial charge in [-0.05, 0) is 69.8 Å². The summed E-state index contributed by atoms with van der Waals surface area (Å²) < 4.78 is 4.88. The van der Waals surface area contributed by atoms with Crippen LogP contribution in [0, 0.1) is 0 Å². The molecule has 0 fully saturated rings. The van der Waals surface area contributed by atoms with Gasteiger partial charge in [0.05, 0.1) is 0 Å². The van der Waals surface area contributed by atoms with Crippen molar-refractivity contribution in [1.82, 2.24) is 9.13 Å². The van der Waals surface area contributed by atoms with Gasteiger partial charge < -0.3 is 9.13 Å². The van der Waals surface area contributed by atoms with Crippen molar-refractivity contribution in [2.45, 2.75) is 13.1 Å². The Morgan fingerprint density at radius 3 is 1.20 bits per heavy atom. The smallest absolute Gasteiger partial charge is 0.0494 e. The molecule has 0 amide bonds. The lowest BCUT2D eigenvalue weighted by atomic mass is 10.0. The molecule has 2 aromatic heterocycles. The Labute approximate surface area is 257 Å². The molecule has 0 radical (unpaired) electrons. The van der Waals surface area contributed by atoms with E-state index in [-0.39, 0.29) is 0 Å². The second-order valence-corrected chi connectivity index (χ2v) is 11.6. The third-order valence-corrected chi connectivity index (χ3v) is 8.99. The molecule has 0 bridgehead atoms. The van der Waals surface area contributed by atoms with E-state index in [1.807, 2.05) is 12.2 Å². The Morgan fingerprint density at radius 1 is 0.409 bits per heavy atom. The molecule has 0 aliphatic heterocycles. The van der Waals surface area contributed by atoms with Gasteiger partial charge in [0, 0.05) is 56.7 Å². The van der Waals surface area contributed by atoms with Crippen molar-refractivity contribution in [1.29, 1.82) is 0 Å². The average Bonchev–Trinajstić information content (AvgIpc) is 3.57. The van der Waals surface area contributed by atoms with Gasteiger partial charge in [-0.15, -0.1) is 0 Å². The second kappa shape index (κ2) is 10.6. The Kier molecular flexibility index (Phi) is 6.27. The number of benzene rings is 6. The van der Waals surface area contributed by atoms with Gasteiger partial charge in [-0.3, -0.25) is 0 Å². The summed E-state index contributed by atoms with van der Waals surface area (Å²) in [6, 6.07) is 48.8. The molecule has 0 atom stereocenters. The zero-order valence-corrected chi connectivity index (χ0v) is 24.6. The van der Waals surface area contributed by atoms with Crippen LogP contribution < -0.4 is 0 Å². The molecule has 210 valence electrons. The molecule has 8 aromatic rings. The van der Waals surface area contributed by atoms with Crippen LogP contribution in [0.1, 0.15) is 22.3 Å². The van der Waals surface area contributed by atoms with Gasteiger partial charge in [0.15, 0.2) is 0 Å². The SMILES string of the molecule is C=Cc1ccc(Cn2c3ccccc3c3cc(-c4ccc5c(c4)c4ccccc4n5Cc4ccc(C=C)cc4)ccc32)cc1. The fraction of sp³-hybridized carbons (Fsp3) is 0.0476. The third-order valence-electron chi connectivity index (χ3n) is 8.99. The van der Waals surface area contributed by atoms with E-state index < -0.39 is 0 Å². The monoisotopic (exact) mass is 564 g/mol. The first-order valence-corrected chi connectivity index (χ1v) is 15.2. The van der Waals surface area contributed by atoms with Crippen LogP contribution in [0.25, 0.3) is 66.9 Å². The molecule has 0 aliphatic carbocycles. The highest BCUT2D eigenvalue weighted by Crippen LogP contribution is 2.36. The molecule has 6 aromatic carbocycles. The lowest BCUT2D eigenvalue weighted by Gasteiger charge is -2.10. The molecule has 0 saturated carbocycles. The van der Waals surface area contributed by atoms with Crippen molar-refractivity contribution in [3.8, 4) is 11.1 Å². The van der Waals surface area contributed by atoms with E-state index in [0.717, 1.165) is 24.2 Å². The molecule has 2 heteroatoms. The summed E-state index contributed by atoms with van der Waals surface area (Å²) in [4.78, 5) is 0. The molecule has 2 heterocycles. The minimum absolute atomic E-state index is 0.822. The van der Waals surface area contributed by atoms with Gasteiger partial charge in [0.25, 0.3) is 0 Å². The highest BCUT2D eigenvalue weighted by molar-refractivity contribution is 6.11. The summed E-state index contributed by atoms with van der Waals surface area (Å²) in [7, 11) is 0. The van der Waals surface area contributed by atoms with Gasteiger partial charge in [-0.25, -0.2) is 0 Å². The summed E-state index contributed by atoms with van der Waals surface area (Å²) in [6.07, 6.45) is 3.78. The maximum absolute atomic E-state index is 3.90. The Hall–Kier alpha value is -5.60. The van der Waals surface area contributed by atoms with Crippen molar-refractivity contribution >= 4 is 55.8 Å². The van der Waals surface area contributed by atoms with E-state index >= 15 is 0 Å². The molecular formula is C42H32N2. The third kappa shape index (κ3) is 4.35. The van der Waals surface area contributed by atoms with Crippen LogP contribution in [0.2, 0.25) is 0 Å². The van der Waals surface area contributed by atoms with Crippen molar-refractivity contribution < 1.29 is 0 Å². The van der Waals surface area contributed by atoms with E-state index in [1.54, 1.807) is 0 Å². The summed E-state index contributed by atoms with van der Waals surface area (Å²) in [5.74, 6) is 0. The fourth-order valence-electron chi connectivity index (χ4n) is 6.69. The summed E-state index contributed by atoms with van der Waals surface area (Å²) in [6.45, 7) is 9.44. The number of rotatable bonds is 7. The van der Waals surface area contributed by atoms with Crippen molar-refractivity contribution in [3.05, 3.63) is 169 Å². The van der Waals surface area contributed by atoms with E-state index in [1.165, 1.54) is 65.9 Å². The zero-order valence-electron chi connectivity index (χ0n) is 24.6. The second-order valence-electron chi connectivity index (χ2n) is 11.6. The molecule has 44 heavy (non-hydrogen) atoms. The lowest BCUT2D eigenvalue weighted by molar-refractivity contribution is 0.869. The van der Waals surface area contributed by atoms with Gasteiger partial charge in [-0.1, -0.05) is 122 Å². The number of hydrogen-bond donors (Lipinski definition) is 0. The quantitative estimate of drug-likeness (QED) is 0.182. The number of para-hydroxylation sites is 2. The van der Waals surface area contributed by atoms with Crippen LogP contribution in [-0.2, 0) is 13.1 Å². The van der Waals surface area contributed by atoms with Crippen LogP contribution in [-0.4, -0.2) is 9.13 Å². The number of hydrogen-bond acceptors (Lipinski definition) is 0. The molecule has 8 rings (SSSR count). The largest absolute Gasteiger partial charge is 0.336 e. The average molecular weight is 565 g/mol. The topological polar surface area (TPSA) is 9.86 Å². The minimum Gasteiger partial charge on any atom is -0.336 e. The van der Waals surface area contributed by atoms with E-state index in [2.05, 4.69) is 156 Å².